The van der Waals surface area contributed by atoms with Gasteiger partial charge >= 0.3 is 0 Å². The Balaban J connectivity index is 1.97. The van der Waals surface area contributed by atoms with Gasteiger partial charge in [-0.2, -0.15) is 0 Å². The maximum absolute atomic E-state index is 6.39. The van der Waals surface area contributed by atoms with E-state index in [0.717, 1.165) is 17.1 Å². The summed E-state index contributed by atoms with van der Waals surface area (Å²) in [6.07, 6.45) is 0. The molecule has 0 aliphatic carbocycles. The van der Waals surface area contributed by atoms with E-state index in [1.807, 2.05) is 36.4 Å². The Kier molecular flexibility index (Phi) is 3.60. The fraction of sp³-hybridized carbons (Fsp3) is 0.235. The molecule has 2 N–H and O–H groups in total. The van der Waals surface area contributed by atoms with Gasteiger partial charge in [0.1, 0.15) is 0 Å². The van der Waals surface area contributed by atoms with Gasteiger partial charge in [-0.15, -0.1) is 0 Å². The fourth-order valence-electron chi connectivity index (χ4n) is 2.81. The molecular formula is C17H18ClN3. The predicted molar refractivity (Wildman–Crippen MR) is 87.3 cm³/mol. The SMILES string of the molecule is CC1(c2ccccc2Cl)CN=C(N)N1Cc1ccccc1. The van der Waals surface area contributed by atoms with Crippen molar-refractivity contribution < 1.29 is 0 Å². The van der Waals surface area contributed by atoms with Crippen molar-refractivity contribution in [3.8, 4) is 0 Å². The number of guanidine groups is 1. The Labute approximate surface area is 130 Å². The van der Waals surface area contributed by atoms with Crippen LogP contribution in [0.3, 0.4) is 0 Å². The summed E-state index contributed by atoms with van der Waals surface area (Å²) >= 11 is 6.39. The Bertz CT molecular complexity index is 669. The van der Waals surface area contributed by atoms with Crippen LogP contribution in [-0.2, 0) is 12.1 Å². The molecule has 3 rings (SSSR count). The molecule has 0 spiro atoms. The summed E-state index contributed by atoms with van der Waals surface area (Å²) in [5, 5.41) is 0.753. The minimum absolute atomic E-state index is 0.307. The van der Waals surface area contributed by atoms with Gasteiger partial charge in [0.2, 0.25) is 0 Å². The van der Waals surface area contributed by atoms with Crippen LogP contribution < -0.4 is 5.73 Å². The quantitative estimate of drug-likeness (QED) is 0.944. The second-order valence-electron chi connectivity index (χ2n) is 5.50. The molecule has 3 nitrogen and oxygen atoms in total. The van der Waals surface area contributed by atoms with Gasteiger partial charge in [-0.3, -0.25) is 4.99 Å². The zero-order chi connectivity index (χ0) is 14.9. The van der Waals surface area contributed by atoms with Crippen LogP contribution in [-0.4, -0.2) is 17.4 Å². The summed E-state index contributed by atoms with van der Waals surface area (Å²) < 4.78 is 0. The summed E-state index contributed by atoms with van der Waals surface area (Å²) in [6.45, 7) is 3.48. The van der Waals surface area contributed by atoms with Crippen LogP contribution in [0.15, 0.2) is 59.6 Å². The first-order valence-electron chi connectivity index (χ1n) is 6.98. The summed E-state index contributed by atoms with van der Waals surface area (Å²) in [5.74, 6) is 0.571. The molecule has 1 unspecified atom stereocenters. The van der Waals surface area contributed by atoms with Crippen LogP contribution in [0.1, 0.15) is 18.1 Å². The van der Waals surface area contributed by atoms with Crippen LogP contribution >= 0.6 is 11.6 Å². The van der Waals surface area contributed by atoms with Gasteiger partial charge in [-0.1, -0.05) is 60.1 Å². The van der Waals surface area contributed by atoms with Crippen molar-refractivity contribution in [3.05, 3.63) is 70.7 Å². The largest absolute Gasteiger partial charge is 0.370 e. The molecule has 0 aromatic heterocycles. The Morgan fingerprint density at radius 1 is 1.14 bits per heavy atom. The van der Waals surface area contributed by atoms with Gasteiger partial charge in [0, 0.05) is 11.6 Å². The monoisotopic (exact) mass is 299 g/mol. The van der Waals surface area contributed by atoms with E-state index in [1.54, 1.807) is 0 Å². The summed E-state index contributed by atoms with van der Waals surface area (Å²) in [5.41, 5.74) is 8.08. The number of rotatable bonds is 3. The molecule has 1 aliphatic heterocycles. The normalized spacial score (nSPS) is 21.4. The summed E-state index contributed by atoms with van der Waals surface area (Å²) in [6, 6.07) is 18.2. The smallest absolute Gasteiger partial charge is 0.192 e. The molecule has 1 heterocycles. The number of nitrogens with zero attached hydrogens (tertiary/aromatic N) is 2. The highest BCUT2D eigenvalue weighted by Crippen LogP contribution is 2.37. The Morgan fingerprint density at radius 3 is 2.52 bits per heavy atom. The minimum atomic E-state index is -0.307. The molecule has 0 saturated carbocycles. The third-order valence-corrected chi connectivity index (χ3v) is 4.39. The molecule has 0 bridgehead atoms. The van der Waals surface area contributed by atoms with Crippen LogP contribution in [0.5, 0.6) is 0 Å². The van der Waals surface area contributed by atoms with E-state index in [1.165, 1.54) is 5.56 Å². The lowest BCUT2D eigenvalue weighted by Crippen LogP contribution is -2.47. The van der Waals surface area contributed by atoms with Gasteiger partial charge in [0.15, 0.2) is 5.96 Å². The third-order valence-electron chi connectivity index (χ3n) is 4.06. The van der Waals surface area contributed by atoms with E-state index in [2.05, 4.69) is 35.0 Å². The summed E-state index contributed by atoms with van der Waals surface area (Å²) in [7, 11) is 0. The number of benzene rings is 2. The maximum Gasteiger partial charge on any atom is 0.192 e. The number of aliphatic imine (C=N–C) groups is 1. The van der Waals surface area contributed by atoms with Crippen molar-refractivity contribution in [2.24, 2.45) is 10.7 Å². The van der Waals surface area contributed by atoms with Gasteiger partial charge in [0.25, 0.3) is 0 Å². The molecule has 1 atom stereocenters. The van der Waals surface area contributed by atoms with Crippen LogP contribution in [0.4, 0.5) is 0 Å². The van der Waals surface area contributed by atoms with E-state index >= 15 is 0 Å². The van der Waals surface area contributed by atoms with Crippen molar-refractivity contribution >= 4 is 17.6 Å². The molecule has 21 heavy (non-hydrogen) atoms. The first-order valence-corrected chi connectivity index (χ1v) is 7.35. The molecule has 2 aromatic rings. The molecular weight excluding hydrogens is 282 g/mol. The van der Waals surface area contributed by atoms with Gasteiger partial charge in [0.05, 0.1) is 12.1 Å². The highest BCUT2D eigenvalue weighted by molar-refractivity contribution is 6.31. The standard InChI is InChI=1S/C17H18ClN3/c1-17(14-9-5-6-10-15(14)18)12-20-16(19)21(17)11-13-7-3-2-4-8-13/h2-10H,11-12H2,1H3,(H2,19,20). The van der Waals surface area contributed by atoms with Crippen molar-refractivity contribution in [3.63, 3.8) is 0 Å². The first-order chi connectivity index (χ1) is 10.1. The second-order valence-corrected chi connectivity index (χ2v) is 5.91. The lowest BCUT2D eigenvalue weighted by Gasteiger charge is -2.37. The van der Waals surface area contributed by atoms with Gasteiger partial charge in [-0.25, -0.2) is 0 Å². The second kappa shape index (κ2) is 5.41. The molecule has 108 valence electrons. The van der Waals surface area contributed by atoms with Crippen LogP contribution in [0.2, 0.25) is 5.02 Å². The molecule has 2 aromatic carbocycles. The zero-order valence-electron chi connectivity index (χ0n) is 12.0. The predicted octanol–water partition coefficient (Wildman–Crippen LogP) is 3.39. The van der Waals surface area contributed by atoms with Crippen molar-refractivity contribution in [2.45, 2.75) is 19.0 Å². The van der Waals surface area contributed by atoms with Crippen LogP contribution in [0.25, 0.3) is 0 Å². The van der Waals surface area contributed by atoms with E-state index < -0.39 is 0 Å². The number of nitrogens with two attached hydrogens (primary N) is 1. The number of halogens is 1. The van der Waals surface area contributed by atoms with E-state index in [0.29, 0.717) is 12.5 Å². The molecule has 4 heteroatoms. The van der Waals surface area contributed by atoms with E-state index in [4.69, 9.17) is 17.3 Å². The minimum Gasteiger partial charge on any atom is -0.370 e. The Hall–Kier alpha value is -2.00. The fourth-order valence-corrected chi connectivity index (χ4v) is 3.15. The lowest BCUT2D eigenvalue weighted by molar-refractivity contribution is 0.217. The summed E-state index contributed by atoms with van der Waals surface area (Å²) in [4.78, 5) is 6.57. The van der Waals surface area contributed by atoms with Crippen molar-refractivity contribution in [1.29, 1.82) is 0 Å². The molecule has 0 fully saturated rings. The highest BCUT2D eigenvalue weighted by Gasteiger charge is 2.40. The van der Waals surface area contributed by atoms with E-state index in [9.17, 15) is 0 Å². The third kappa shape index (κ3) is 2.49. The zero-order valence-corrected chi connectivity index (χ0v) is 12.7. The molecule has 0 amide bonds. The van der Waals surface area contributed by atoms with Crippen molar-refractivity contribution in [2.75, 3.05) is 6.54 Å². The van der Waals surface area contributed by atoms with Crippen LogP contribution in [0, 0.1) is 0 Å². The van der Waals surface area contributed by atoms with Gasteiger partial charge < -0.3 is 10.6 Å². The van der Waals surface area contributed by atoms with Crippen molar-refractivity contribution in [1.82, 2.24) is 4.90 Å². The topological polar surface area (TPSA) is 41.6 Å². The number of hydrogen-bond donors (Lipinski definition) is 1. The lowest BCUT2D eigenvalue weighted by atomic mass is 9.90. The average Bonchev–Trinajstić information content (AvgIpc) is 2.78. The number of hydrogen-bond acceptors (Lipinski definition) is 3. The average molecular weight is 300 g/mol. The highest BCUT2D eigenvalue weighted by atomic mass is 35.5. The first kappa shape index (κ1) is 14.0. The molecule has 0 radical (unpaired) electrons. The Morgan fingerprint density at radius 2 is 1.81 bits per heavy atom. The molecule has 1 aliphatic rings. The molecule has 0 saturated heterocycles. The van der Waals surface area contributed by atoms with Gasteiger partial charge in [-0.05, 0) is 24.1 Å². The maximum atomic E-state index is 6.39. The van der Waals surface area contributed by atoms with E-state index in [-0.39, 0.29) is 5.54 Å².